The van der Waals surface area contributed by atoms with Crippen molar-refractivity contribution in [3.05, 3.63) is 47.9 Å². The van der Waals surface area contributed by atoms with E-state index in [0.29, 0.717) is 23.0 Å². The zero-order chi connectivity index (χ0) is 14.8. The number of para-hydroxylation sites is 1. The number of ether oxygens (including phenoxy) is 1. The van der Waals surface area contributed by atoms with Gasteiger partial charge in [-0.05, 0) is 13.0 Å². The average Bonchev–Trinajstić information content (AvgIpc) is 2.88. The molecule has 0 saturated heterocycles. The van der Waals surface area contributed by atoms with Crippen LogP contribution in [0, 0.1) is 6.92 Å². The molecule has 21 heavy (non-hydrogen) atoms. The van der Waals surface area contributed by atoms with Crippen LogP contribution in [0.2, 0.25) is 0 Å². The van der Waals surface area contributed by atoms with Crippen LogP contribution in [0.5, 0.6) is 11.6 Å². The second-order valence-electron chi connectivity index (χ2n) is 4.49. The summed E-state index contributed by atoms with van der Waals surface area (Å²) in [5.41, 5.74) is 1.33. The fourth-order valence-corrected chi connectivity index (χ4v) is 1.99. The van der Waals surface area contributed by atoms with Gasteiger partial charge in [0.25, 0.3) is 5.78 Å². The van der Waals surface area contributed by atoms with E-state index in [4.69, 9.17) is 9.84 Å². The van der Waals surface area contributed by atoms with Crippen molar-refractivity contribution in [2.24, 2.45) is 0 Å². The monoisotopic (exact) mass is 284 g/mol. The molecule has 0 bridgehead atoms. The van der Waals surface area contributed by atoms with Gasteiger partial charge in [-0.25, -0.2) is 4.98 Å². The Morgan fingerprint density at radius 2 is 2.19 bits per heavy atom. The van der Waals surface area contributed by atoms with Gasteiger partial charge in [-0.2, -0.15) is 14.6 Å². The molecule has 106 valence electrons. The first-order valence-electron chi connectivity index (χ1n) is 6.28. The third-order valence-electron chi connectivity index (χ3n) is 2.88. The van der Waals surface area contributed by atoms with Crippen molar-refractivity contribution < 1.29 is 14.6 Å². The average molecular weight is 284 g/mol. The minimum Gasteiger partial charge on any atom is -0.481 e. The number of hydrogen-bond donors (Lipinski definition) is 1. The maximum Gasteiger partial charge on any atom is 0.307 e. The summed E-state index contributed by atoms with van der Waals surface area (Å²) in [6.07, 6.45) is 1.28. The minimum absolute atomic E-state index is 0.110. The van der Waals surface area contributed by atoms with E-state index in [2.05, 4.69) is 15.1 Å². The largest absolute Gasteiger partial charge is 0.481 e. The van der Waals surface area contributed by atoms with Crippen LogP contribution in [0.25, 0.3) is 5.78 Å². The zero-order valence-electron chi connectivity index (χ0n) is 11.2. The van der Waals surface area contributed by atoms with Crippen LogP contribution in [0.15, 0.2) is 36.7 Å². The van der Waals surface area contributed by atoms with E-state index in [1.807, 2.05) is 6.92 Å². The third-order valence-corrected chi connectivity index (χ3v) is 2.88. The van der Waals surface area contributed by atoms with Gasteiger partial charge in [0.15, 0.2) is 0 Å². The van der Waals surface area contributed by atoms with Crippen LogP contribution in [0.1, 0.15) is 11.3 Å². The number of aryl methyl sites for hydroxylation is 1. The number of carbonyl (C=O) groups is 1. The van der Waals surface area contributed by atoms with Gasteiger partial charge in [-0.1, -0.05) is 18.2 Å². The Kier molecular flexibility index (Phi) is 3.23. The third kappa shape index (κ3) is 2.66. The molecule has 3 aromatic rings. The standard InChI is InChI=1S/C14H12N4O3/c1-9-6-12(18-14(17-9)15-8-16-18)21-11-5-3-2-4-10(11)7-13(19)20/h2-6,8H,7H2,1H3,(H,19,20). The molecule has 2 aromatic heterocycles. The number of benzene rings is 1. The summed E-state index contributed by atoms with van der Waals surface area (Å²) in [4.78, 5) is 19.1. The molecule has 0 fully saturated rings. The fraction of sp³-hybridized carbons (Fsp3) is 0.143. The van der Waals surface area contributed by atoms with E-state index in [1.54, 1.807) is 30.3 Å². The van der Waals surface area contributed by atoms with Crippen molar-refractivity contribution in [2.45, 2.75) is 13.3 Å². The second-order valence-corrected chi connectivity index (χ2v) is 4.49. The number of aromatic nitrogens is 4. The van der Waals surface area contributed by atoms with Gasteiger partial charge in [0, 0.05) is 17.3 Å². The first-order chi connectivity index (χ1) is 10.1. The van der Waals surface area contributed by atoms with Gasteiger partial charge in [0.1, 0.15) is 12.1 Å². The highest BCUT2D eigenvalue weighted by molar-refractivity contribution is 5.71. The van der Waals surface area contributed by atoms with E-state index >= 15 is 0 Å². The summed E-state index contributed by atoms with van der Waals surface area (Å²) in [7, 11) is 0. The van der Waals surface area contributed by atoms with Gasteiger partial charge >= 0.3 is 5.97 Å². The number of fused-ring (bicyclic) bond motifs is 1. The highest BCUT2D eigenvalue weighted by atomic mass is 16.5. The maximum atomic E-state index is 10.9. The fourth-order valence-electron chi connectivity index (χ4n) is 1.99. The van der Waals surface area contributed by atoms with Crippen molar-refractivity contribution in [1.82, 2.24) is 19.6 Å². The number of carboxylic acids is 1. The molecule has 0 aliphatic heterocycles. The summed E-state index contributed by atoms with van der Waals surface area (Å²) < 4.78 is 7.28. The van der Waals surface area contributed by atoms with Crippen LogP contribution in [-0.4, -0.2) is 30.7 Å². The quantitative estimate of drug-likeness (QED) is 0.786. The van der Waals surface area contributed by atoms with Gasteiger partial charge < -0.3 is 9.84 Å². The maximum absolute atomic E-state index is 10.9. The molecule has 1 aromatic carbocycles. The SMILES string of the molecule is Cc1cc(Oc2ccccc2CC(=O)O)n2ncnc2n1. The van der Waals surface area contributed by atoms with E-state index in [-0.39, 0.29) is 6.42 Å². The summed E-state index contributed by atoms with van der Waals surface area (Å²) in [5, 5.41) is 13.0. The lowest BCUT2D eigenvalue weighted by Crippen LogP contribution is -2.04. The Morgan fingerprint density at radius 1 is 1.38 bits per heavy atom. The van der Waals surface area contributed by atoms with Crippen molar-refractivity contribution >= 4 is 11.7 Å². The molecular formula is C14H12N4O3. The molecule has 0 aliphatic rings. The lowest BCUT2D eigenvalue weighted by atomic mass is 10.1. The van der Waals surface area contributed by atoms with E-state index in [0.717, 1.165) is 5.69 Å². The number of nitrogens with zero attached hydrogens (tertiary/aromatic N) is 4. The van der Waals surface area contributed by atoms with Crippen LogP contribution in [0.3, 0.4) is 0 Å². The van der Waals surface area contributed by atoms with Gasteiger partial charge in [0.2, 0.25) is 5.88 Å². The Balaban J connectivity index is 2.02. The summed E-state index contributed by atoms with van der Waals surface area (Å²) in [6.45, 7) is 1.82. The Morgan fingerprint density at radius 3 is 3.00 bits per heavy atom. The molecule has 0 amide bonds. The predicted octanol–water partition coefficient (Wildman–Crippen LogP) is 1.85. The minimum atomic E-state index is -0.914. The first kappa shape index (κ1) is 13.0. The van der Waals surface area contributed by atoms with Gasteiger partial charge in [-0.15, -0.1) is 0 Å². The Bertz CT molecular complexity index is 813. The number of rotatable bonds is 4. The van der Waals surface area contributed by atoms with Crippen molar-refractivity contribution in [2.75, 3.05) is 0 Å². The van der Waals surface area contributed by atoms with E-state index in [1.165, 1.54) is 10.8 Å². The molecule has 2 heterocycles. The van der Waals surface area contributed by atoms with Crippen molar-refractivity contribution in [1.29, 1.82) is 0 Å². The van der Waals surface area contributed by atoms with Crippen LogP contribution >= 0.6 is 0 Å². The van der Waals surface area contributed by atoms with Gasteiger partial charge in [0.05, 0.1) is 6.42 Å². The predicted molar refractivity (Wildman–Crippen MR) is 73.4 cm³/mol. The van der Waals surface area contributed by atoms with E-state index in [9.17, 15) is 4.79 Å². The number of hydrogen-bond acceptors (Lipinski definition) is 5. The molecule has 3 rings (SSSR count). The topological polar surface area (TPSA) is 89.6 Å². The highest BCUT2D eigenvalue weighted by Gasteiger charge is 2.12. The zero-order valence-corrected chi connectivity index (χ0v) is 11.2. The van der Waals surface area contributed by atoms with E-state index < -0.39 is 5.97 Å². The highest BCUT2D eigenvalue weighted by Crippen LogP contribution is 2.26. The molecule has 1 N–H and O–H groups in total. The molecule has 0 aliphatic carbocycles. The Labute approximate surface area is 119 Å². The summed E-state index contributed by atoms with van der Waals surface area (Å²) in [6, 6.07) is 8.72. The van der Waals surface area contributed by atoms with Crippen LogP contribution in [0.4, 0.5) is 0 Å². The number of aliphatic carboxylic acids is 1. The molecule has 0 radical (unpaired) electrons. The Hall–Kier alpha value is -2.96. The smallest absolute Gasteiger partial charge is 0.307 e. The molecule has 7 nitrogen and oxygen atoms in total. The lowest BCUT2D eigenvalue weighted by molar-refractivity contribution is -0.136. The molecule has 0 atom stereocenters. The summed E-state index contributed by atoms with van der Waals surface area (Å²) in [5.74, 6) is 0.429. The van der Waals surface area contributed by atoms with Crippen molar-refractivity contribution in [3.63, 3.8) is 0 Å². The van der Waals surface area contributed by atoms with Gasteiger partial charge in [-0.3, -0.25) is 4.79 Å². The van der Waals surface area contributed by atoms with Crippen LogP contribution in [-0.2, 0) is 11.2 Å². The summed E-state index contributed by atoms with van der Waals surface area (Å²) >= 11 is 0. The lowest BCUT2D eigenvalue weighted by Gasteiger charge is -2.10. The molecule has 0 saturated carbocycles. The molecule has 7 heteroatoms. The second kappa shape index (κ2) is 5.20. The first-order valence-corrected chi connectivity index (χ1v) is 6.28. The molecular weight excluding hydrogens is 272 g/mol. The molecule has 0 unspecified atom stereocenters. The number of carboxylic acid groups (broad SMARTS) is 1. The van der Waals surface area contributed by atoms with Crippen molar-refractivity contribution in [3.8, 4) is 11.6 Å². The van der Waals surface area contributed by atoms with Crippen LogP contribution < -0.4 is 4.74 Å². The normalized spacial score (nSPS) is 10.7. The molecule has 0 spiro atoms.